The van der Waals surface area contributed by atoms with Gasteiger partial charge in [-0.05, 0) is 49.9 Å². The van der Waals surface area contributed by atoms with Crippen LogP contribution < -0.4 is 16.0 Å². The van der Waals surface area contributed by atoms with E-state index >= 15 is 0 Å². The lowest BCUT2D eigenvalue weighted by molar-refractivity contribution is -0.133. The number of amides is 2. The maximum atomic E-state index is 11.8. The fourth-order valence-electron chi connectivity index (χ4n) is 3.40. The predicted molar refractivity (Wildman–Crippen MR) is 110 cm³/mol. The first kappa shape index (κ1) is 21.4. The summed E-state index contributed by atoms with van der Waals surface area (Å²) in [5.41, 5.74) is 2.26. The zero-order valence-corrected chi connectivity index (χ0v) is 16.7. The molecule has 0 aliphatic carbocycles. The number of benzene rings is 1. The molecule has 2 saturated heterocycles. The molecule has 27 heavy (non-hydrogen) atoms. The summed E-state index contributed by atoms with van der Waals surface area (Å²) in [6.45, 7) is 9.75. The summed E-state index contributed by atoms with van der Waals surface area (Å²) < 4.78 is 0. The molecule has 6 nitrogen and oxygen atoms in total. The lowest BCUT2D eigenvalue weighted by Gasteiger charge is -2.27. The van der Waals surface area contributed by atoms with E-state index in [0.29, 0.717) is 12.8 Å². The van der Waals surface area contributed by atoms with Crippen molar-refractivity contribution in [3.8, 4) is 0 Å². The highest BCUT2D eigenvalue weighted by molar-refractivity contribution is 6.01. The lowest BCUT2D eigenvalue weighted by atomic mass is 10.0. The molecule has 2 heterocycles. The standard InChI is InChI=1S/C19H28N4O2.C2H6/c24-18-9-8-17(19(25)22-18)21-16-6-4-15(5-7-16)3-1-2-12-23-13-10-20-11-14-23;1-2/h4-7,17,20-21H,1-3,8-14H2,(H,22,24,25);1-2H3. The summed E-state index contributed by atoms with van der Waals surface area (Å²) in [7, 11) is 0. The highest BCUT2D eigenvalue weighted by Crippen LogP contribution is 2.16. The van der Waals surface area contributed by atoms with Crippen molar-refractivity contribution >= 4 is 17.5 Å². The molecular formula is C21H34N4O2. The van der Waals surface area contributed by atoms with E-state index in [1.54, 1.807) is 0 Å². The van der Waals surface area contributed by atoms with Crippen molar-refractivity contribution in [1.29, 1.82) is 0 Å². The van der Waals surface area contributed by atoms with E-state index in [0.717, 1.165) is 25.2 Å². The topological polar surface area (TPSA) is 73.5 Å². The summed E-state index contributed by atoms with van der Waals surface area (Å²) in [4.78, 5) is 25.5. The van der Waals surface area contributed by atoms with E-state index in [9.17, 15) is 9.59 Å². The summed E-state index contributed by atoms with van der Waals surface area (Å²) in [6.07, 6.45) is 4.47. The molecule has 0 spiro atoms. The van der Waals surface area contributed by atoms with Crippen LogP contribution in [0.3, 0.4) is 0 Å². The first-order chi connectivity index (χ1) is 13.2. The van der Waals surface area contributed by atoms with Crippen LogP contribution in [0.4, 0.5) is 5.69 Å². The summed E-state index contributed by atoms with van der Waals surface area (Å²) in [5, 5.41) is 8.97. The van der Waals surface area contributed by atoms with E-state index in [1.807, 2.05) is 26.0 Å². The van der Waals surface area contributed by atoms with Gasteiger partial charge in [-0.25, -0.2) is 0 Å². The van der Waals surface area contributed by atoms with Crippen LogP contribution in [0.25, 0.3) is 0 Å². The SMILES string of the molecule is CC.O=C1CCC(Nc2ccc(CCCCN3CCNCC3)cc2)C(=O)N1. The number of unbranched alkanes of at least 4 members (excludes halogenated alkanes) is 1. The second-order valence-electron chi connectivity index (χ2n) is 6.89. The molecule has 3 N–H and O–H groups in total. The second kappa shape index (κ2) is 11.7. The van der Waals surface area contributed by atoms with Crippen molar-refractivity contribution in [3.05, 3.63) is 29.8 Å². The Balaban J connectivity index is 0.00000126. The smallest absolute Gasteiger partial charge is 0.249 e. The normalized spacial score (nSPS) is 20.4. The third-order valence-electron chi connectivity index (χ3n) is 4.93. The second-order valence-corrected chi connectivity index (χ2v) is 6.89. The number of anilines is 1. The fraction of sp³-hybridized carbons (Fsp3) is 0.619. The van der Waals surface area contributed by atoms with Gasteiger partial charge in [0, 0.05) is 38.3 Å². The molecular weight excluding hydrogens is 340 g/mol. The van der Waals surface area contributed by atoms with E-state index in [1.165, 1.54) is 38.0 Å². The number of nitrogens with one attached hydrogen (secondary N) is 3. The van der Waals surface area contributed by atoms with Gasteiger partial charge in [0.15, 0.2) is 0 Å². The molecule has 6 heteroatoms. The first-order valence-corrected chi connectivity index (χ1v) is 10.3. The highest BCUT2D eigenvalue weighted by Gasteiger charge is 2.26. The van der Waals surface area contributed by atoms with Gasteiger partial charge in [-0.3, -0.25) is 14.9 Å². The van der Waals surface area contributed by atoms with Crippen LogP contribution in [0, 0.1) is 0 Å². The van der Waals surface area contributed by atoms with Gasteiger partial charge in [-0.15, -0.1) is 0 Å². The molecule has 1 aromatic carbocycles. The van der Waals surface area contributed by atoms with E-state index in [-0.39, 0.29) is 17.9 Å². The van der Waals surface area contributed by atoms with Crippen molar-refractivity contribution < 1.29 is 9.59 Å². The number of piperazine rings is 1. The number of carbonyl (C=O) groups excluding carboxylic acids is 2. The number of aryl methyl sites for hydroxylation is 1. The molecule has 0 saturated carbocycles. The van der Waals surface area contributed by atoms with Gasteiger partial charge in [0.1, 0.15) is 6.04 Å². The van der Waals surface area contributed by atoms with Crippen LogP contribution >= 0.6 is 0 Å². The fourth-order valence-corrected chi connectivity index (χ4v) is 3.40. The van der Waals surface area contributed by atoms with Gasteiger partial charge < -0.3 is 15.5 Å². The molecule has 2 fully saturated rings. The predicted octanol–water partition coefficient (Wildman–Crippen LogP) is 2.16. The number of hydrogen-bond acceptors (Lipinski definition) is 5. The van der Waals surface area contributed by atoms with Gasteiger partial charge in [0.2, 0.25) is 11.8 Å². The number of imide groups is 1. The maximum Gasteiger partial charge on any atom is 0.249 e. The van der Waals surface area contributed by atoms with Crippen LogP contribution in [0.2, 0.25) is 0 Å². The van der Waals surface area contributed by atoms with Gasteiger partial charge >= 0.3 is 0 Å². The number of rotatable bonds is 7. The Labute approximate surface area is 163 Å². The monoisotopic (exact) mass is 374 g/mol. The molecule has 0 radical (unpaired) electrons. The maximum absolute atomic E-state index is 11.8. The van der Waals surface area contributed by atoms with Crippen molar-refractivity contribution in [2.75, 3.05) is 38.0 Å². The van der Waals surface area contributed by atoms with Crippen LogP contribution in [-0.4, -0.2) is 55.5 Å². The Morgan fingerprint density at radius 2 is 1.78 bits per heavy atom. The molecule has 0 aromatic heterocycles. The average Bonchev–Trinajstić information content (AvgIpc) is 2.71. The van der Waals surface area contributed by atoms with Gasteiger partial charge in [-0.1, -0.05) is 26.0 Å². The molecule has 1 atom stereocenters. The van der Waals surface area contributed by atoms with Gasteiger partial charge in [0.05, 0.1) is 0 Å². The quantitative estimate of drug-likeness (QED) is 0.504. The third-order valence-corrected chi connectivity index (χ3v) is 4.93. The molecule has 2 amide bonds. The molecule has 2 aliphatic heterocycles. The van der Waals surface area contributed by atoms with Crippen molar-refractivity contribution in [2.45, 2.75) is 52.0 Å². The van der Waals surface area contributed by atoms with Crippen LogP contribution in [0.1, 0.15) is 45.1 Å². The number of carbonyl (C=O) groups is 2. The molecule has 3 rings (SSSR count). The Kier molecular flexibility index (Phi) is 9.28. The van der Waals surface area contributed by atoms with E-state index < -0.39 is 0 Å². The third kappa shape index (κ3) is 7.31. The Morgan fingerprint density at radius 1 is 1.07 bits per heavy atom. The van der Waals surface area contributed by atoms with Crippen molar-refractivity contribution in [2.24, 2.45) is 0 Å². The van der Waals surface area contributed by atoms with E-state index in [2.05, 4.69) is 33.0 Å². The number of piperidine rings is 1. The van der Waals surface area contributed by atoms with Gasteiger partial charge in [0.25, 0.3) is 0 Å². The Hall–Kier alpha value is -1.92. The Bertz CT molecular complexity index is 582. The Morgan fingerprint density at radius 3 is 2.44 bits per heavy atom. The van der Waals surface area contributed by atoms with Gasteiger partial charge in [-0.2, -0.15) is 0 Å². The summed E-state index contributed by atoms with van der Waals surface area (Å²) in [6, 6.07) is 7.98. The van der Waals surface area contributed by atoms with Crippen molar-refractivity contribution in [1.82, 2.24) is 15.5 Å². The average molecular weight is 375 g/mol. The number of hydrogen-bond donors (Lipinski definition) is 3. The molecule has 2 aliphatic rings. The first-order valence-electron chi connectivity index (χ1n) is 10.3. The minimum Gasteiger partial charge on any atom is -0.374 e. The summed E-state index contributed by atoms with van der Waals surface area (Å²) >= 11 is 0. The molecule has 1 unspecified atom stereocenters. The molecule has 1 aromatic rings. The van der Waals surface area contributed by atoms with Crippen LogP contribution in [0.15, 0.2) is 24.3 Å². The minimum absolute atomic E-state index is 0.181. The molecule has 150 valence electrons. The van der Waals surface area contributed by atoms with Crippen LogP contribution in [-0.2, 0) is 16.0 Å². The highest BCUT2D eigenvalue weighted by atomic mass is 16.2. The van der Waals surface area contributed by atoms with E-state index in [4.69, 9.17) is 0 Å². The summed E-state index contributed by atoms with van der Waals surface area (Å²) in [5.74, 6) is -0.410. The zero-order valence-electron chi connectivity index (χ0n) is 16.7. The van der Waals surface area contributed by atoms with Crippen LogP contribution in [0.5, 0.6) is 0 Å². The number of nitrogens with zero attached hydrogens (tertiary/aromatic N) is 1. The minimum atomic E-state index is -0.317. The largest absolute Gasteiger partial charge is 0.374 e. The zero-order chi connectivity index (χ0) is 19.5. The molecule has 0 bridgehead atoms. The van der Waals surface area contributed by atoms with Crippen molar-refractivity contribution in [3.63, 3.8) is 0 Å². The lowest BCUT2D eigenvalue weighted by Crippen LogP contribution is -2.47.